The van der Waals surface area contributed by atoms with E-state index in [-0.39, 0.29) is 11.4 Å². The van der Waals surface area contributed by atoms with E-state index in [9.17, 15) is 26.4 Å². The molecule has 11 heteroatoms. The molecule has 1 N–H and O–H groups in total. The van der Waals surface area contributed by atoms with Gasteiger partial charge >= 0.3 is 6.18 Å². The number of halogens is 4. The van der Waals surface area contributed by atoms with Gasteiger partial charge in [0.1, 0.15) is 0 Å². The SMILES string of the molecule is CCS(=O)(=O)N1CCN(Cc2ccc(C(=O)Nc3ccc(Cl)c(C(F)(F)F)c3)cc2)CC1. The highest BCUT2D eigenvalue weighted by Crippen LogP contribution is 2.36. The fourth-order valence-corrected chi connectivity index (χ4v) is 4.70. The Balaban J connectivity index is 1.59. The Morgan fingerprint density at radius 3 is 2.25 bits per heavy atom. The highest BCUT2D eigenvalue weighted by atomic mass is 35.5. The molecule has 0 aliphatic carbocycles. The molecule has 1 aliphatic heterocycles. The number of piperazine rings is 1. The highest BCUT2D eigenvalue weighted by Gasteiger charge is 2.33. The van der Waals surface area contributed by atoms with Crippen LogP contribution in [0.4, 0.5) is 18.9 Å². The quantitative estimate of drug-likeness (QED) is 0.664. The van der Waals surface area contributed by atoms with Gasteiger partial charge in [0.2, 0.25) is 10.0 Å². The van der Waals surface area contributed by atoms with Crippen LogP contribution >= 0.6 is 11.6 Å². The molecule has 0 atom stereocenters. The smallest absolute Gasteiger partial charge is 0.322 e. The number of carbonyl (C=O) groups is 1. The first-order valence-electron chi connectivity index (χ1n) is 9.97. The topological polar surface area (TPSA) is 69.7 Å². The molecule has 32 heavy (non-hydrogen) atoms. The van der Waals surface area contributed by atoms with Crippen molar-refractivity contribution in [1.29, 1.82) is 0 Å². The number of carbonyl (C=O) groups excluding carboxylic acids is 1. The predicted octanol–water partition coefficient (Wildman–Crippen LogP) is 4.08. The summed E-state index contributed by atoms with van der Waals surface area (Å²) in [5.74, 6) is -0.449. The molecule has 6 nitrogen and oxygen atoms in total. The summed E-state index contributed by atoms with van der Waals surface area (Å²) in [6.45, 7) is 4.34. The second kappa shape index (κ2) is 9.78. The van der Waals surface area contributed by atoms with E-state index in [0.29, 0.717) is 38.3 Å². The molecule has 2 aromatic rings. The van der Waals surface area contributed by atoms with Crippen molar-refractivity contribution in [1.82, 2.24) is 9.21 Å². The first-order chi connectivity index (χ1) is 15.0. The summed E-state index contributed by atoms with van der Waals surface area (Å²) in [5.41, 5.74) is 0.227. The minimum Gasteiger partial charge on any atom is -0.322 e. The fourth-order valence-electron chi connectivity index (χ4n) is 3.39. The number of rotatable bonds is 6. The zero-order valence-electron chi connectivity index (χ0n) is 17.3. The molecule has 0 saturated carbocycles. The molecule has 0 unspecified atom stereocenters. The number of amides is 1. The maximum Gasteiger partial charge on any atom is 0.417 e. The lowest BCUT2D eigenvalue weighted by atomic mass is 10.1. The van der Waals surface area contributed by atoms with Gasteiger partial charge in [0, 0.05) is 44.0 Å². The van der Waals surface area contributed by atoms with E-state index in [1.807, 2.05) is 0 Å². The summed E-state index contributed by atoms with van der Waals surface area (Å²) in [6.07, 6.45) is -4.62. The van der Waals surface area contributed by atoms with Crippen LogP contribution in [0, 0.1) is 0 Å². The number of hydrogen-bond acceptors (Lipinski definition) is 4. The Labute approximate surface area is 190 Å². The standard InChI is InChI=1S/C21H23ClF3N3O3S/c1-2-32(30,31)28-11-9-27(10-12-28)14-15-3-5-16(6-4-15)20(29)26-17-7-8-19(22)18(13-17)21(23,24)25/h3-8,13H,2,9-12,14H2,1H3,(H,26,29). The zero-order valence-corrected chi connectivity index (χ0v) is 18.9. The molecule has 1 fully saturated rings. The van der Waals surface area contributed by atoms with E-state index >= 15 is 0 Å². The zero-order chi connectivity index (χ0) is 23.5. The van der Waals surface area contributed by atoms with Crippen LogP contribution in [0.1, 0.15) is 28.4 Å². The number of nitrogens with one attached hydrogen (secondary N) is 1. The fraction of sp³-hybridized carbons (Fsp3) is 0.381. The predicted molar refractivity (Wildman–Crippen MR) is 117 cm³/mol. The minimum absolute atomic E-state index is 0.00398. The summed E-state index contributed by atoms with van der Waals surface area (Å²) >= 11 is 5.60. The molecule has 0 radical (unpaired) electrons. The van der Waals surface area contributed by atoms with Crippen LogP contribution in [0.15, 0.2) is 42.5 Å². The van der Waals surface area contributed by atoms with E-state index in [1.165, 1.54) is 10.4 Å². The van der Waals surface area contributed by atoms with Crippen molar-refractivity contribution in [3.63, 3.8) is 0 Å². The Kier molecular flexibility index (Phi) is 7.49. The average molecular weight is 490 g/mol. The molecule has 1 heterocycles. The van der Waals surface area contributed by atoms with Gasteiger partial charge in [-0.25, -0.2) is 8.42 Å². The number of hydrogen-bond donors (Lipinski definition) is 1. The van der Waals surface area contributed by atoms with Gasteiger partial charge in [0.05, 0.1) is 16.3 Å². The summed E-state index contributed by atoms with van der Waals surface area (Å²) < 4.78 is 64.4. The third-order valence-corrected chi connectivity index (χ3v) is 7.45. The number of alkyl halides is 3. The maximum absolute atomic E-state index is 13.0. The maximum atomic E-state index is 13.0. The number of benzene rings is 2. The largest absolute Gasteiger partial charge is 0.417 e. The Hall–Kier alpha value is -2.14. The van der Waals surface area contributed by atoms with E-state index in [1.54, 1.807) is 31.2 Å². The number of nitrogens with zero attached hydrogens (tertiary/aromatic N) is 2. The first-order valence-corrected chi connectivity index (χ1v) is 12.0. The van der Waals surface area contributed by atoms with Crippen LogP contribution in [0.5, 0.6) is 0 Å². The van der Waals surface area contributed by atoms with Gasteiger partial charge < -0.3 is 5.32 Å². The van der Waals surface area contributed by atoms with Crippen molar-refractivity contribution in [2.75, 3.05) is 37.2 Å². The third kappa shape index (κ3) is 6.00. The van der Waals surface area contributed by atoms with Crippen molar-refractivity contribution in [2.45, 2.75) is 19.6 Å². The van der Waals surface area contributed by atoms with E-state index in [2.05, 4.69) is 10.2 Å². The van der Waals surface area contributed by atoms with E-state index < -0.39 is 32.7 Å². The number of sulfonamides is 1. The van der Waals surface area contributed by atoms with Crippen molar-refractivity contribution in [3.8, 4) is 0 Å². The van der Waals surface area contributed by atoms with Crippen LogP contribution in [0.2, 0.25) is 5.02 Å². The lowest BCUT2D eigenvalue weighted by molar-refractivity contribution is -0.137. The summed E-state index contributed by atoms with van der Waals surface area (Å²) in [6, 6.07) is 9.94. The average Bonchev–Trinajstić information content (AvgIpc) is 2.75. The molecule has 1 amide bonds. The lowest BCUT2D eigenvalue weighted by Gasteiger charge is -2.33. The number of anilines is 1. The summed E-state index contributed by atoms with van der Waals surface area (Å²) in [5, 5.41) is 2.02. The normalized spacial score (nSPS) is 16.2. The van der Waals surface area contributed by atoms with Gasteiger partial charge in [0.15, 0.2) is 0 Å². The Morgan fingerprint density at radius 1 is 1.06 bits per heavy atom. The highest BCUT2D eigenvalue weighted by molar-refractivity contribution is 7.89. The van der Waals surface area contributed by atoms with Gasteiger partial charge in [0.25, 0.3) is 5.91 Å². The van der Waals surface area contributed by atoms with E-state index in [0.717, 1.165) is 17.7 Å². The van der Waals surface area contributed by atoms with Gasteiger partial charge in [-0.1, -0.05) is 23.7 Å². The van der Waals surface area contributed by atoms with Gasteiger partial charge in [-0.05, 0) is 42.8 Å². The van der Waals surface area contributed by atoms with Crippen molar-refractivity contribution in [2.24, 2.45) is 0 Å². The molecule has 3 rings (SSSR count). The minimum atomic E-state index is -4.62. The third-order valence-electron chi connectivity index (χ3n) is 5.24. The lowest BCUT2D eigenvalue weighted by Crippen LogP contribution is -2.48. The molecule has 0 bridgehead atoms. The molecule has 174 valence electrons. The van der Waals surface area contributed by atoms with Crippen molar-refractivity contribution >= 4 is 33.2 Å². The van der Waals surface area contributed by atoms with Crippen LogP contribution in [-0.2, 0) is 22.7 Å². The van der Waals surface area contributed by atoms with E-state index in [4.69, 9.17) is 11.6 Å². The van der Waals surface area contributed by atoms with Crippen LogP contribution < -0.4 is 5.32 Å². The van der Waals surface area contributed by atoms with Crippen LogP contribution in [0.25, 0.3) is 0 Å². The van der Waals surface area contributed by atoms with Crippen molar-refractivity contribution in [3.05, 3.63) is 64.2 Å². The van der Waals surface area contributed by atoms with Crippen molar-refractivity contribution < 1.29 is 26.4 Å². The molecule has 0 aromatic heterocycles. The second-order valence-electron chi connectivity index (χ2n) is 7.42. The summed E-state index contributed by atoms with van der Waals surface area (Å²) in [7, 11) is -3.18. The van der Waals surface area contributed by atoms with Crippen LogP contribution in [0.3, 0.4) is 0 Å². The molecular weight excluding hydrogens is 467 g/mol. The molecule has 0 spiro atoms. The molecular formula is C21H23ClF3N3O3S. The van der Waals surface area contributed by atoms with Gasteiger partial charge in [-0.2, -0.15) is 17.5 Å². The molecule has 2 aromatic carbocycles. The van der Waals surface area contributed by atoms with Gasteiger partial charge in [-0.15, -0.1) is 0 Å². The second-order valence-corrected chi connectivity index (χ2v) is 10.1. The summed E-state index contributed by atoms with van der Waals surface area (Å²) in [4.78, 5) is 14.5. The van der Waals surface area contributed by atoms with Gasteiger partial charge in [-0.3, -0.25) is 9.69 Å². The van der Waals surface area contributed by atoms with Crippen LogP contribution in [-0.4, -0.2) is 55.5 Å². The first kappa shape index (κ1) is 24.5. The monoisotopic (exact) mass is 489 g/mol. The molecule has 1 saturated heterocycles. The Morgan fingerprint density at radius 2 is 1.69 bits per heavy atom. The molecule has 1 aliphatic rings. The Bertz CT molecular complexity index is 1070.